The van der Waals surface area contributed by atoms with E-state index in [-0.39, 0.29) is 12.8 Å². The lowest BCUT2D eigenvalue weighted by atomic mass is 9.82. The highest BCUT2D eigenvalue weighted by atomic mass is 16.4. The molecule has 6 rings (SSSR count). The molecule has 3 fully saturated rings. The molecule has 3 saturated heterocycles. The zero-order valence-corrected chi connectivity index (χ0v) is 23.1. The van der Waals surface area contributed by atoms with Crippen molar-refractivity contribution in [1.29, 1.82) is 0 Å². The highest BCUT2D eigenvalue weighted by Crippen LogP contribution is 2.30. The fourth-order valence-electron chi connectivity index (χ4n) is 6.74. The van der Waals surface area contributed by atoms with E-state index in [9.17, 15) is 19.8 Å². The number of benzene rings is 3. The SMILES string of the molecule is NCC[N+]12CC[N+](Cc3ccc(-c4ccc(C[C@H](C(=O)O)[C@H](Cc5ccccc5)C(=O)O)cc4)cc3)(CC1)CC2. The standard InChI is InChI=1S/C33H39N3O4/c34-14-15-35-16-19-36(20-17-35,21-18-35)24-27-8-12-29(13-9-27)28-10-6-26(7-11-28)23-31(33(39)40)30(32(37)38)22-25-4-2-1-3-5-25/h1-13,30-31H,14-24,34H2/p+2/t30-,31-,35?,36?/m0/s1. The number of carboxylic acids is 2. The molecule has 3 aliphatic heterocycles. The molecular weight excluding hydrogens is 502 g/mol. The van der Waals surface area contributed by atoms with Gasteiger partial charge in [-0.15, -0.1) is 0 Å². The predicted molar refractivity (Wildman–Crippen MR) is 155 cm³/mol. The minimum absolute atomic E-state index is 0.170. The van der Waals surface area contributed by atoms with Crippen molar-refractivity contribution in [2.75, 3.05) is 52.4 Å². The van der Waals surface area contributed by atoms with E-state index < -0.39 is 23.8 Å². The van der Waals surface area contributed by atoms with Crippen molar-refractivity contribution in [3.63, 3.8) is 0 Å². The normalized spacial score (nSPS) is 23.4. The van der Waals surface area contributed by atoms with Gasteiger partial charge in [0.1, 0.15) is 45.8 Å². The number of hydrogen-bond acceptors (Lipinski definition) is 3. The summed E-state index contributed by atoms with van der Waals surface area (Å²) in [6.07, 6.45) is 0.356. The molecular formula is C33H41N3O4+2. The Morgan fingerprint density at radius 3 is 1.50 bits per heavy atom. The second-order valence-corrected chi connectivity index (χ2v) is 11.9. The van der Waals surface area contributed by atoms with E-state index in [0.29, 0.717) is 0 Å². The number of nitrogens with zero attached hydrogens (tertiary/aromatic N) is 2. The van der Waals surface area contributed by atoms with Gasteiger partial charge in [0, 0.05) is 12.1 Å². The summed E-state index contributed by atoms with van der Waals surface area (Å²) in [5.74, 6) is -4.18. The Kier molecular flexibility index (Phi) is 8.35. The highest BCUT2D eigenvalue weighted by Gasteiger charge is 2.48. The molecule has 7 nitrogen and oxygen atoms in total. The van der Waals surface area contributed by atoms with Gasteiger partial charge in [-0.05, 0) is 35.1 Å². The Morgan fingerprint density at radius 2 is 1.05 bits per heavy atom. The fraction of sp³-hybridized carbons (Fsp3) is 0.394. The fourth-order valence-corrected chi connectivity index (χ4v) is 6.74. The minimum atomic E-state index is -1.08. The molecule has 3 aromatic carbocycles. The number of carbonyl (C=O) groups is 2. The molecule has 3 aromatic rings. The second kappa shape index (κ2) is 11.9. The first-order valence-electron chi connectivity index (χ1n) is 14.4. The molecule has 2 bridgehead atoms. The van der Waals surface area contributed by atoms with Crippen LogP contribution in [0.1, 0.15) is 16.7 Å². The van der Waals surface area contributed by atoms with Gasteiger partial charge in [0.2, 0.25) is 0 Å². The molecule has 210 valence electrons. The third-order valence-electron chi connectivity index (χ3n) is 9.38. The zero-order chi connectivity index (χ0) is 28.2. The number of piperazine rings is 3. The number of nitrogens with two attached hydrogens (primary N) is 1. The summed E-state index contributed by atoms with van der Waals surface area (Å²) in [4.78, 5) is 24.2. The summed E-state index contributed by atoms with van der Waals surface area (Å²) >= 11 is 0. The lowest BCUT2D eigenvalue weighted by molar-refractivity contribution is -1.09. The van der Waals surface area contributed by atoms with E-state index in [0.717, 1.165) is 41.9 Å². The summed E-state index contributed by atoms with van der Waals surface area (Å²) in [7, 11) is 0. The smallest absolute Gasteiger partial charge is 0.307 e. The highest BCUT2D eigenvalue weighted by molar-refractivity contribution is 5.80. The Balaban J connectivity index is 1.23. The van der Waals surface area contributed by atoms with Gasteiger partial charge < -0.3 is 24.9 Å². The van der Waals surface area contributed by atoms with Gasteiger partial charge in [-0.3, -0.25) is 9.59 Å². The van der Waals surface area contributed by atoms with Crippen LogP contribution in [0.4, 0.5) is 0 Å². The molecule has 0 aliphatic carbocycles. The second-order valence-electron chi connectivity index (χ2n) is 11.9. The van der Waals surface area contributed by atoms with Gasteiger partial charge in [-0.2, -0.15) is 0 Å². The van der Waals surface area contributed by atoms with Crippen LogP contribution in [-0.4, -0.2) is 83.5 Å². The van der Waals surface area contributed by atoms with Crippen LogP contribution in [0, 0.1) is 11.8 Å². The molecule has 0 radical (unpaired) electrons. The lowest BCUT2D eigenvalue weighted by Crippen LogP contribution is -2.75. The largest absolute Gasteiger partial charge is 0.481 e. The first-order chi connectivity index (χ1) is 19.3. The first-order valence-corrected chi connectivity index (χ1v) is 14.4. The summed E-state index contributed by atoms with van der Waals surface area (Å²) < 4.78 is 2.40. The molecule has 3 heterocycles. The topological polar surface area (TPSA) is 101 Å². The van der Waals surface area contributed by atoms with Crippen LogP contribution in [0.15, 0.2) is 78.9 Å². The van der Waals surface area contributed by atoms with E-state index in [4.69, 9.17) is 5.73 Å². The predicted octanol–water partition coefficient (Wildman–Crippen LogP) is 3.66. The van der Waals surface area contributed by atoms with Crippen LogP contribution in [0.5, 0.6) is 0 Å². The molecule has 0 saturated carbocycles. The monoisotopic (exact) mass is 543 g/mol. The molecule has 0 unspecified atom stereocenters. The number of rotatable bonds is 12. The number of aliphatic carboxylic acids is 2. The summed E-state index contributed by atoms with van der Waals surface area (Å²) in [5, 5.41) is 19.8. The maximum absolute atomic E-state index is 12.1. The average molecular weight is 544 g/mol. The Bertz CT molecular complexity index is 1280. The van der Waals surface area contributed by atoms with Crippen molar-refractivity contribution >= 4 is 11.9 Å². The van der Waals surface area contributed by atoms with Gasteiger partial charge in [0.05, 0.1) is 18.4 Å². The van der Waals surface area contributed by atoms with Gasteiger partial charge in [0.15, 0.2) is 0 Å². The minimum Gasteiger partial charge on any atom is -0.481 e. The van der Waals surface area contributed by atoms with Crippen LogP contribution >= 0.6 is 0 Å². The summed E-state index contributed by atoms with van der Waals surface area (Å²) in [6.45, 7) is 10.4. The van der Waals surface area contributed by atoms with Crippen molar-refractivity contribution in [1.82, 2.24) is 0 Å². The van der Waals surface area contributed by atoms with Crippen LogP contribution < -0.4 is 5.73 Å². The quantitative estimate of drug-likeness (QED) is 0.303. The first kappa shape index (κ1) is 28.0. The van der Waals surface area contributed by atoms with Crippen molar-refractivity contribution in [3.05, 3.63) is 95.6 Å². The van der Waals surface area contributed by atoms with Crippen LogP contribution in [0.3, 0.4) is 0 Å². The third kappa shape index (κ3) is 6.28. The van der Waals surface area contributed by atoms with Crippen molar-refractivity contribution in [2.45, 2.75) is 19.4 Å². The Hall–Kier alpha value is -3.52. The van der Waals surface area contributed by atoms with Gasteiger partial charge >= 0.3 is 11.9 Å². The number of hydrogen-bond donors (Lipinski definition) is 3. The van der Waals surface area contributed by atoms with Crippen LogP contribution in [0.2, 0.25) is 0 Å². The van der Waals surface area contributed by atoms with Crippen molar-refractivity contribution < 1.29 is 28.8 Å². The molecule has 0 aromatic heterocycles. The van der Waals surface area contributed by atoms with Crippen molar-refractivity contribution in [3.8, 4) is 11.1 Å². The van der Waals surface area contributed by atoms with Crippen LogP contribution in [-0.2, 0) is 29.0 Å². The van der Waals surface area contributed by atoms with E-state index in [1.54, 1.807) is 0 Å². The number of fused-ring (bicyclic) bond motifs is 3. The molecule has 4 N–H and O–H groups in total. The number of quaternary nitrogens is 2. The van der Waals surface area contributed by atoms with E-state index in [2.05, 4.69) is 24.3 Å². The lowest BCUT2D eigenvalue weighted by Gasteiger charge is -2.55. The molecule has 7 heteroatoms. The molecule has 2 atom stereocenters. The third-order valence-corrected chi connectivity index (χ3v) is 9.38. The van der Waals surface area contributed by atoms with Gasteiger partial charge in [-0.1, -0.05) is 78.9 Å². The van der Waals surface area contributed by atoms with E-state index in [1.165, 1.54) is 53.8 Å². The molecule has 3 aliphatic rings. The molecule has 40 heavy (non-hydrogen) atoms. The number of carboxylic acid groups (broad SMARTS) is 2. The van der Waals surface area contributed by atoms with E-state index >= 15 is 0 Å². The maximum Gasteiger partial charge on any atom is 0.307 e. The molecule has 0 amide bonds. The Labute approximate surface area is 236 Å². The van der Waals surface area contributed by atoms with E-state index in [1.807, 2.05) is 54.6 Å². The summed E-state index contributed by atoms with van der Waals surface area (Å²) in [5.41, 5.74) is 11.1. The summed E-state index contributed by atoms with van der Waals surface area (Å²) in [6, 6.07) is 25.9. The van der Waals surface area contributed by atoms with Crippen LogP contribution in [0.25, 0.3) is 11.1 Å². The van der Waals surface area contributed by atoms with Crippen molar-refractivity contribution in [2.24, 2.45) is 17.6 Å². The molecule has 0 spiro atoms. The average Bonchev–Trinajstić information content (AvgIpc) is 2.97. The zero-order valence-electron chi connectivity index (χ0n) is 23.1. The van der Waals surface area contributed by atoms with Gasteiger partial charge in [-0.25, -0.2) is 0 Å². The Morgan fingerprint density at radius 1 is 0.625 bits per heavy atom. The van der Waals surface area contributed by atoms with Gasteiger partial charge in [0.25, 0.3) is 0 Å². The maximum atomic E-state index is 12.1.